The second-order valence-corrected chi connectivity index (χ2v) is 5.23. The Balaban J connectivity index is 0.00000324. The van der Waals surface area contributed by atoms with Crippen LogP contribution in [0.15, 0.2) is 30.3 Å². The molecular weight excluding hydrogens is 258 g/mol. The zero-order valence-electron chi connectivity index (χ0n) is 12.2. The molecule has 0 radical (unpaired) electrons. The van der Waals surface area contributed by atoms with E-state index in [0.29, 0.717) is 5.92 Å². The summed E-state index contributed by atoms with van der Waals surface area (Å²) >= 11 is 0. The van der Waals surface area contributed by atoms with Gasteiger partial charge in [0.1, 0.15) is 0 Å². The van der Waals surface area contributed by atoms with Gasteiger partial charge in [-0.15, -0.1) is 12.4 Å². The minimum absolute atomic E-state index is 0. The highest BCUT2D eigenvalue weighted by Crippen LogP contribution is 2.09. The summed E-state index contributed by atoms with van der Waals surface area (Å²) in [5.74, 6) is 0.794. The van der Waals surface area contributed by atoms with Crippen LogP contribution in [0.1, 0.15) is 50.4 Å². The van der Waals surface area contributed by atoms with Gasteiger partial charge >= 0.3 is 0 Å². The van der Waals surface area contributed by atoms with Crippen molar-refractivity contribution in [2.45, 2.75) is 46.1 Å². The van der Waals surface area contributed by atoms with Crippen LogP contribution >= 0.6 is 12.4 Å². The lowest BCUT2D eigenvalue weighted by Gasteiger charge is -2.18. The molecule has 2 nitrogen and oxygen atoms in total. The SMILES string of the molecule is CCCCC(NCC(C)C)C(=O)c1ccccc1.Cl. The number of unbranched alkanes of at least 4 members (excludes halogenated alkanes) is 1. The van der Waals surface area contributed by atoms with Gasteiger partial charge < -0.3 is 5.32 Å². The Hall–Kier alpha value is -0.860. The normalized spacial score (nSPS) is 12.0. The number of nitrogens with one attached hydrogen (secondary N) is 1. The first kappa shape index (κ1) is 18.1. The molecule has 0 saturated carbocycles. The highest BCUT2D eigenvalue weighted by atomic mass is 35.5. The number of hydrogen-bond donors (Lipinski definition) is 1. The molecular formula is C16H26ClNO. The molecule has 108 valence electrons. The first-order valence-corrected chi connectivity index (χ1v) is 6.97. The largest absolute Gasteiger partial charge is 0.307 e. The third-order valence-electron chi connectivity index (χ3n) is 2.99. The van der Waals surface area contributed by atoms with E-state index >= 15 is 0 Å². The molecule has 0 amide bonds. The van der Waals surface area contributed by atoms with Gasteiger partial charge in [-0.05, 0) is 18.9 Å². The summed E-state index contributed by atoms with van der Waals surface area (Å²) in [6.07, 6.45) is 3.15. The third-order valence-corrected chi connectivity index (χ3v) is 2.99. The topological polar surface area (TPSA) is 29.1 Å². The Morgan fingerprint density at radius 2 is 1.84 bits per heavy atom. The van der Waals surface area contributed by atoms with Crippen molar-refractivity contribution < 1.29 is 4.79 Å². The van der Waals surface area contributed by atoms with E-state index in [2.05, 4.69) is 26.1 Å². The van der Waals surface area contributed by atoms with Crippen molar-refractivity contribution in [2.24, 2.45) is 5.92 Å². The van der Waals surface area contributed by atoms with Crippen LogP contribution in [0.2, 0.25) is 0 Å². The van der Waals surface area contributed by atoms with Crippen LogP contribution < -0.4 is 5.32 Å². The molecule has 1 unspecified atom stereocenters. The van der Waals surface area contributed by atoms with Crippen LogP contribution in [-0.2, 0) is 0 Å². The maximum atomic E-state index is 12.4. The van der Waals surface area contributed by atoms with Gasteiger partial charge in [0.2, 0.25) is 0 Å². The van der Waals surface area contributed by atoms with E-state index in [9.17, 15) is 4.79 Å². The zero-order valence-corrected chi connectivity index (χ0v) is 13.0. The second kappa shape index (κ2) is 9.99. The molecule has 0 heterocycles. The summed E-state index contributed by atoms with van der Waals surface area (Å²) in [6, 6.07) is 9.56. The number of carbonyl (C=O) groups is 1. The van der Waals surface area contributed by atoms with Crippen molar-refractivity contribution in [2.75, 3.05) is 6.54 Å². The summed E-state index contributed by atoms with van der Waals surface area (Å²) in [7, 11) is 0. The van der Waals surface area contributed by atoms with Gasteiger partial charge in [-0.2, -0.15) is 0 Å². The lowest BCUT2D eigenvalue weighted by Crippen LogP contribution is -2.38. The van der Waals surface area contributed by atoms with Gasteiger partial charge in [-0.3, -0.25) is 4.79 Å². The molecule has 1 aromatic rings. The third kappa shape index (κ3) is 6.74. The Bertz CT molecular complexity index is 351. The van der Waals surface area contributed by atoms with E-state index < -0.39 is 0 Å². The molecule has 0 bridgehead atoms. The minimum Gasteiger partial charge on any atom is -0.307 e. The summed E-state index contributed by atoms with van der Waals surface area (Å²) in [6.45, 7) is 7.38. The molecule has 0 aromatic heterocycles. The summed E-state index contributed by atoms with van der Waals surface area (Å²) in [5, 5.41) is 3.40. The van der Waals surface area contributed by atoms with E-state index in [1.54, 1.807) is 0 Å². The second-order valence-electron chi connectivity index (χ2n) is 5.23. The number of carbonyl (C=O) groups excluding carboxylic acids is 1. The molecule has 0 fully saturated rings. The molecule has 0 aliphatic rings. The standard InChI is InChI=1S/C16H25NO.ClH/c1-4-5-11-15(17-12-13(2)3)16(18)14-9-7-6-8-10-14;/h6-10,13,15,17H,4-5,11-12H2,1-3H3;1H. The molecule has 0 aliphatic heterocycles. The molecule has 3 heteroatoms. The molecule has 1 atom stereocenters. The minimum atomic E-state index is -0.0326. The van der Waals surface area contributed by atoms with Crippen LogP contribution in [0.25, 0.3) is 0 Å². The summed E-state index contributed by atoms with van der Waals surface area (Å²) in [4.78, 5) is 12.4. The highest BCUT2D eigenvalue weighted by Gasteiger charge is 2.18. The molecule has 1 rings (SSSR count). The Labute approximate surface area is 123 Å². The molecule has 0 aliphatic carbocycles. The van der Waals surface area contributed by atoms with E-state index in [1.807, 2.05) is 30.3 Å². The van der Waals surface area contributed by atoms with Crippen molar-refractivity contribution >= 4 is 18.2 Å². The number of rotatable bonds is 8. The lowest BCUT2D eigenvalue weighted by atomic mass is 9.99. The molecule has 1 aromatic carbocycles. The van der Waals surface area contributed by atoms with Crippen molar-refractivity contribution in [1.29, 1.82) is 0 Å². The fourth-order valence-electron chi connectivity index (χ4n) is 1.92. The smallest absolute Gasteiger partial charge is 0.179 e. The average molecular weight is 284 g/mol. The molecule has 19 heavy (non-hydrogen) atoms. The van der Waals surface area contributed by atoms with Gasteiger partial charge in [-0.1, -0.05) is 63.9 Å². The molecule has 0 spiro atoms. The Kier molecular flexibility index (Phi) is 9.54. The van der Waals surface area contributed by atoms with E-state index in [4.69, 9.17) is 0 Å². The van der Waals surface area contributed by atoms with Crippen molar-refractivity contribution in [1.82, 2.24) is 5.32 Å². The van der Waals surface area contributed by atoms with Crippen LogP contribution in [0, 0.1) is 5.92 Å². The van der Waals surface area contributed by atoms with E-state index in [-0.39, 0.29) is 24.2 Å². The van der Waals surface area contributed by atoms with Crippen LogP contribution in [-0.4, -0.2) is 18.4 Å². The quantitative estimate of drug-likeness (QED) is 0.728. The van der Waals surface area contributed by atoms with Crippen LogP contribution in [0.4, 0.5) is 0 Å². The Morgan fingerprint density at radius 3 is 2.37 bits per heavy atom. The first-order valence-electron chi connectivity index (χ1n) is 6.97. The van der Waals surface area contributed by atoms with Gasteiger partial charge in [0.05, 0.1) is 6.04 Å². The van der Waals surface area contributed by atoms with Crippen LogP contribution in [0.5, 0.6) is 0 Å². The van der Waals surface area contributed by atoms with E-state index in [1.165, 1.54) is 0 Å². The van der Waals surface area contributed by atoms with Crippen molar-refractivity contribution in [3.8, 4) is 0 Å². The summed E-state index contributed by atoms with van der Waals surface area (Å²) in [5.41, 5.74) is 0.815. The van der Waals surface area contributed by atoms with Gasteiger partial charge in [-0.25, -0.2) is 0 Å². The van der Waals surface area contributed by atoms with Crippen molar-refractivity contribution in [3.05, 3.63) is 35.9 Å². The maximum absolute atomic E-state index is 12.4. The molecule has 0 saturated heterocycles. The maximum Gasteiger partial charge on any atom is 0.179 e. The number of ketones is 1. The van der Waals surface area contributed by atoms with Gasteiger partial charge in [0.15, 0.2) is 5.78 Å². The highest BCUT2D eigenvalue weighted by molar-refractivity contribution is 6.00. The lowest BCUT2D eigenvalue weighted by molar-refractivity contribution is 0.0935. The number of halogens is 1. The zero-order chi connectivity index (χ0) is 13.4. The predicted molar refractivity (Wildman–Crippen MR) is 84.2 cm³/mol. The van der Waals surface area contributed by atoms with Crippen LogP contribution in [0.3, 0.4) is 0 Å². The first-order chi connectivity index (χ1) is 8.65. The molecule has 1 N–H and O–H groups in total. The Morgan fingerprint density at radius 1 is 1.21 bits per heavy atom. The number of hydrogen-bond acceptors (Lipinski definition) is 2. The average Bonchev–Trinajstić information content (AvgIpc) is 2.39. The monoisotopic (exact) mass is 283 g/mol. The number of Topliss-reactive ketones (excluding diaryl/α,β-unsaturated/α-hetero) is 1. The van der Waals surface area contributed by atoms with Gasteiger partial charge in [0, 0.05) is 5.56 Å². The summed E-state index contributed by atoms with van der Waals surface area (Å²) < 4.78 is 0. The van der Waals surface area contributed by atoms with Crippen molar-refractivity contribution in [3.63, 3.8) is 0 Å². The fraction of sp³-hybridized carbons (Fsp3) is 0.562. The predicted octanol–water partition coefficient (Wildman–Crippen LogP) is 4.10. The van der Waals surface area contributed by atoms with Gasteiger partial charge in [0.25, 0.3) is 0 Å². The fourth-order valence-corrected chi connectivity index (χ4v) is 1.92. The van der Waals surface area contributed by atoms with E-state index in [0.717, 1.165) is 31.4 Å². The number of benzene rings is 1.